The second-order valence-electron chi connectivity index (χ2n) is 7.16. The first-order valence-corrected chi connectivity index (χ1v) is 8.74. The molecular weight excluding hydrogens is 319 g/mol. The van der Waals surface area contributed by atoms with Crippen molar-refractivity contribution in [1.29, 1.82) is 0 Å². The Hall–Kier alpha value is -1.53. The average molecular weight is 343 g/mol. The number of likely N-dealkylation sites (tertiary alicyclic amines) is 1. The van der Waals surface area contributed by atoms with Crippen molar-refractivity contribution in [3.63, 3.8) is 0 Å². The van der Waals surface area contributed by atoms with E-state index in [1.165, 1.54) is 4.68 Å². The lowest BCUT2D eigenvalue weighted by molar-refractivity contribution is -0.142. The largest absolute Gasteiger partial charge is 0.435 e. The third kappa shape index (κ3) is 3.17. The molecule has 1 aromatic rings. The number of aromatic nitrogens is 2. The molecule has 134 valence electrons. The van der Waals surface area contributed by atoms with E-state index in [-0.39, 0.29) is 11.6 Å². The zero-order valence-electron chi connectivity index (χ0n) is 14.2. The molecule has 2 aliphatic rings. The second-order valence-corrected chi connectivity index (χ2v) is 7.16. The highest BCUT2D eigenvalue weighted by atomic mass is 19.4. The fourth-order valence-electron chi connectivity index (χ4n) is 3.85. The molecule has 1 aliphatic carbocycles. The van der Waals surface area contributed by atoms with Gasteiger partial charge in [0.1, 0.15) is 0 Å². The predicted molar refractivity (Wildman–Crippen MR) is 83.8 cm³/mol. The molecule has 2 heterocycles. The lowest BCUT2D eigenvalue weighted by Gasteiger charge is -2.30. The van der Waals surface area contributed by atoms with E-state index in [4.69, 9.17) is 0 Å². The molecule has 24 heavy (non-hydrogen) atoms. The third-order valence-electron chi connectivity index (χ3n) is 5.37. The van der Waals surface area contributed by atoms with Gasteiger partial charge in [-0.3, -0.25) is 9.48 Å². The molecule has 1 saturated heterocycles. The molecule has 7 heteroatoms. The van der Waals surface area contributed by atoms with Crippen molar-refractivity contribution >= 4 is 5.91 Å². The van der Waals surface area contributed by atoms with E-state index >= 15 is 0 Å². The van der Waals surface area contributed by atoms with Gasteiger partial charge in [-0.1, -0.05) is 19.8 Å². The summed E-state index contributed by atoms with van der Waals surface area (Å²) in [6, 6.07) is -0.0194. The minimum absolute atomic E-state index is 0.0194. The summed E-state index contributed by atoms with van der Waals surface area (Å²) < 4.78 is 41.9. The van der Waals surface area contributed by atoms with E-state index in [1.807, 2.05) is 0 Å². The quantitative estimate of drug-likeness (QED) is 0.807. The lowest BCUT2D eigenvalue weighted by Crippen LogP contribution is -2.38. The van der Waals surface area contributed by atoms with Gasteiger partial charge in [0.05, 0.1) is 11.6 Å². The lowest BCUT2D eigenvalue weighted by atomic mass is 9.98. The highest BCUT2D eigenvalue weighted by Crippen LogP contribution is 2.37. The summed E-state index contributed by atoms with van der Waals surface area (Å²) >= 11 is 0. The summed E-state index contributed by atoms with van der Waals surface area (Å²) in [5.74, 6) is -0.00517. The number of piperidine rings is 1. The number of nitrogens with zero attached hydrogens (tertiary/aromatic N) is 3. The number of alkyl halides is 3. The molecule has 1 saturated carbocycles. The number of carbonyl (C=O) groups excluding carboxylic acids is 1. The molecule has 0 unspecified atom stereocenters. The van der Waals surface area contributed by atoms with Crippen LogP contribution in [0, 0.1) is 12.8 Å². The van der Waals surface area contributed by atoms with Gasteiger partial charge in [0.2, 0.25) is 0 Å². The highest BCUT2D eigenvalue weighted by Gasteiger charge is 2.42. The van der Waals surface area contributed by atoms with E-state index in [9.17, 15) is 18.0 Å². The van der Waals surface area contributed by atoms with E-state index < -0.39 is 17.8 Å². The fourth-order valence-corrected chi connectivity index (χ4v) is 3.85. The van der Waals surface area contributed by atoms with Crippen molar-refractivity contribution in [1.82, 2.24) is 14.7 Å². The van der Waals surface area contributed by atoms with E-state index in [0.717, 1.165) is 38.5 Å². The van der Waals surface area contributed by atoms with Crippen LogP contribution in [-0.2, 0) is 6.18 Å². The maximum atomic E-state index is 13.5. The van der Waals surface area contributed by atoms with Gasteiger partial charge in [0, 0.05) is 18.8 Å². The molecule has 1 amide bonds. The Balaban J connectivity index is 1.97. The zero-order chi connectivity index (χ0) is 17.5. The Morgan fingerprint density at radius 3 is 2.25 bits per heavy atom. The van der Waals surface area contributed by atoms with Gasteiger partial charge < -0.3 is 4.90 Å². The van der Waals surface area contributed by atoms with Gasteiger partial charge >= 0.3 is 6.18 Å². The van der Waals surface area contributed by atoms with E-state index in [2.05, 4.69) is 12.0 Å². The van der Waals surface area contributed by atoms with Crippen LogP contribution in [-0.4, -0.2) is 33.7 Å². The summed E-state index contributed by atoms with van der Waals surface area (Å²) in [7, 11) is 0. The molecule has 1 aliphatic heterocycles. The fraction of sp³-hybridized carbons (Fsp3) is 0.765. The van der Waals surface area contributed by atoms with Crippen LogP contribution in [0.25, 0.3) is 0 Å². The molecule has 1 aromatic heterocycles. The van der Waals surface area contributed by atoms with Gasteiger partial charge in [0.25, 0.3) is 5.91 Å². The zero-order valence-corrected chi connectivity index (χ0v) is 14.2. The monoisotopic (exact) mass is 343 g/mol. The summed E-state index contributed by atoms with van der Waals surface area (Å²) in [4.78, 5) is 14.3. The first-order chi connectivity index (χ1) is 11.3. The van der Waals surface area contributed by atoms with Crippen molar-refractivity contribution in [3.05, 3.63) is 17.0 Å². The third-order valence-corrected chi connectivity index (χ3v) is 5.37. The molecule has 0 radical (unpaired) electrons. The topological polar surface area (TPSA) is 38.1 Å². The van der Waals surface area contributed by atoms with Gasteiger partial charge in [0.15, 0.2) is 5.69 Å². The van der Waals surface area contributed by atoms with Gasteiger partial charge in [-0.25, -0.2) is 0 Å². The number of hydrogen-bond acceptors (Lipinski definition) is 2. The van der Waals surface area contributed by atoms with Crippen LogP contribution < -0.4 is 0 Å². The average Bonchev–Trinajstić information content (AvgIpc) is 3.14. The molecule has 0 bridgehead atoms. The molecule has 0 aromatic carbocycles. The molecule has 0 atom stereocenters. The molecule has 0 spiro atoms. The number of carbonyl (C=O) groups is 1. The van der Waals surface area contributed by atoms with Crippen LogP contribution in [0.15, 0.2) is 0 Å². The normalized spacial score (nSPS) is 20.8. The summed E-state index contributed by atoms with van der Waals surface area (Å²) in [5, 5.41) is 3.84. The Morgan fingerprint density at radius 1 is 1.12 bits per heavy atom. The number of hydrogen-bond donors (Lipinski definition) is 0. The first-order valence-electron chi connectivity index (χ1n) is 8.74. The highest BCUT2D eigenvalue weighted by molar-refractivity contribution is 5.96. The Bertz CT molecular complexity index is 609. The molecular formula is C17H24F3N3O. The van der Waals surface area contributed by atoms with Crippen LogP contribution in [0.2, 0.25) is 0 Å². The van der Waals surface area contributed by atoms with Crippen molar-refractivity contribution in [2.45, 2.75) is 64.6 Å². The summed E-state index contributed by atoms with van der Waals surface area (Å²) in [6.07, 6.45) is 0.717. The number of halogens is 3. The standard InChI is InChI=1S/C17H24F3N3O/c1-11-7-9-22(10-8-11)16(24)14-12(2)23(13-5-3-4-6-13)21-15(14)17(18,19)20/h11,13H,3-10H2,1-2H3. The van der Waals surface area contributed by atoms with Crippen LogP contribution in [0.4, 0.5) is 13.2 Å². The Labute approximate surface area is 140 Å². The Kier molecular flexibility index (Phi) is 4.62. The minimum Gasteiger partial charge on any atom is -0.339 e. The van der Waals surface area contributed by atoms with Crippen molar-refractivity contribution in [2.75, 3.05) is 13.1 Å². The maximum Gasteiger partial charge on any atom is 0.435 e. The Morgan fingerprint density at radius 2 is 1.71 bits per heavy atom. The van der Waals surface area contributed by atoms with E-state index in [0.29, 0.717) is 24.7 Å². The van der Waals surface area contributed by atoms with E-state index in [1.54, 1.807) is 11.8 Å². The van der Waals surface area contributed by atoms with Crippen LogP contribution in [0.5, 0.6) is 0 Å². The van der Waals surface area contributed by atoms with Gasteiger partial charge in [-0.2, -0.15) is 18.3 Å². The van der Waals surface area contributed by atoms with Gasteiger partial charge in [-0.05, 0) is 38.5 Å². The number of amides is 1. The molecule has 0 N–H and O–H groups in total. The van der Waals surface area contributed by atoms with Crippen molar-refractivity contribution in [3.8, 4) is 0 Å². The van der Waals surface area contributed by atoms with Gasteiger partial charge in [-0.15, -0.1) is 0 Å². The van der Waals surface area contributed by atoms with Crippen molar-refractivity contribution < 1.29 is 18.0 Å². The maximum absolute atomic E-state index is 13.5. The molecule has 4 nitrogen and oxygen atoms in total. The number of rotatable bonds is 2. The predicted octanol–water partition coefficient (Wildman–Crippen LogP) is 4.20. The van der Waals surface area contributed by atoms with Crippen LogP contribution >= 0.6 is 0 Å². The van der Waals surface area contributed by atoms with Crippen LogP contribution in [0.3, 0.4) is 0 Å². The van der Waals surface area contributed by atoms with Crippen LogP contribution in [0.1, 0.15) is 73.2 Å². The SMILES string of the molecule is Cc1c(C(=O)N2CCC(C)CC2)c(C(F)(F)F)nn1C1CCCC1. The second kappa shape index (κ2) is 6.41. The summed E-state index contributed by atoms with van der Waals surface area (Å²) in [5.41, 5.74) is -0.905. The smallest absolute Gasteiger partial charge is 0.339 e. The minimum atomic E-state index is -4.61. The molecule has 2 fully saturated rings. The first kappa shape index (κ1) is 17.3. The molecule has 3 rings (SSSR count). The summed E-state index contributed by atoms with van der Waals surface area (Å²) in [6.45, 7) is 4.74. The van der Waals surface area contributed by atoms with Crippen molar-refractivity contribution in [2.24, 2.45) is 5.92 Å².